The lowest BCUT2D eigenvalue weighted by molar-refractivity contribution is -0.0233. The Bertz CT molecular complexity index is 1260. The van der Waals surface area contributed by atoms with Gasteiger partial charge in [0.25, 0.3) is 0 Å². The third kappa shape index (κ3) is 9.21. The Hall–Kier alpha value is -1.03. The summed E-state index contributed by atoms with van der Waals surface area (Å²) in [5, 5.41) is 3.55. The summed E-state index contributed by atoms with van der Waals surface area (Å²) >= 11 is 0. The van der Waals surface area contributed by atoms with E-state index in [2.05, 4.69) is 81.8 Å². The predicted molar refractivity (Wildman–Crippen MR) is 195 cm³/mol. The Morgan fingerprint density at radius 1 is 0.745 bits per heavy atom. The first-order chi connectivity index (χ1) is 22.2. The van der Waals surface area contributed by atoms with Crippen molar-refractivity contribution in [2.45, 2.75) is 130 Å². The van der Waals surface area contributed by atoms with Crippen molar-refractivity contribution in [2.24, 2.45) is 16.2 Å². The molecule has 0 aromatic rings. The molecule has 0 radical (unpaired) electrons. The number of nitrogens with zero attached hydrogens (tertiary/aromatic N) is 2. The molecule has 1 N–H and O–H groups in total. The lowest BCUT2D eigenvalue weighted by Gasteiger charge is -2.49. The molecule has 2 saturated heterocycles. The first kappa shape index (κ1) is 37.2. The van der Waals surface area contributed by atoms with Crippen LogP contribution in [0.4, 0.5) is 0 Å². The van der Waals surface area contributed by atoms with Crippen molar-refractivity contribution in [1.29, 1.82) is 0 Å². The third-order valence-corrected chi connectivity index (χ3v) is 14.6. The van der Waals surface area contributed by atoms with Crippen LogP contribution in [0, 0.1) is 16.2 Å². The molecule has 0 spiro atoms. The molecule has 8 heteroatoms. The molecule has 0 saturated carbocycles. The van der Waals surface area contributed by atoms with Crippen LogP contribution >= 0.6 is 0 Å². The van der Waals surface area contributed by atoms with Gasteiger partial charge in [0.05, 0.1) is 37.9 Å². The highest BCUT2D eigenvalue weighted by Crippen LogP contribution is 2.53. The van der Waals surface area contributed by atoms with Crippen LogP contribution in [0.25, 0.3) is 0 Å². The quantitative estimate of drug-likeness (QED) is 0.249. The average Bonchev–Trinajstić information content (AvgIpc) is 3.05. The lowest BCUT2D eigenvalue weighted by atomic mass is 9.57. The number of rotatable bonds is 11. The van der Waals surface area contributed by atoms with E-state index in [1.165, 1.54) is 18.4 Å². The van der Waals surface area contributed by atoms with Gasteiger partial charge in [0, 0.05) is 50.3 Å². The van der Waals surface area contributed by atoms with Crippen LogP contribution in [0.2, 0.25) is 0 Å². The topological polar surface area (TPSA) is 71.1 Å². The van der Waals surface area contributed by atoms with Crippen molar-refractivity contribution in [3.05, 3.63) is 34.9 Å². The predicted octanol–water partition coefficient (Wildman–Crippen LogP) is 6.56. The number of sulfone groups is 1. The van der Waals surface area contributed by atoms with Gasteiger partial charge in [-0.25, -0.2) is 8.42 Å². The standard InChI is InChI=1S/C39H67N3O4S/c1-37(2,3)30-8-14-33(15-9-30)40-20-27-47(43,44)29-36-28-46-26-23-42(36)35-18-12-32(13-19-35)39(6,7)38(4,5)31-10-16-34(17-11-31)41-21-24-45-25-22-41/h8,10,12,33-36,40H,9,11,13-29H2,1-7H3/t33-,34-,35+,36?/m0/s1. The summed E-state index contributed by atoms with van der Waals surface area (Å²) in [6, 6.07) is 1.37. The first-order valence-corrected chi connectivity index (χ1v) is 20.7. The number of nitrogens with one attached hydrogen (secondary N) is 1. The van der Waals surface area contributed by atoms with E-state index in [9.17, 15) is 8.42 Å². The van der Waals surface area contributed by atoms with Crippen molar-refractivity contribution < 1.29 is 17.9 Å². The summed E-state index contributed by atoms with van der Waals surface area (Å²) in [6.45, 7) is 23.1. The van der Waals surface area contributed by atoms with E-state index in [-0.39, 0.29) is 33.8 Å². The van der Waals surface area contributed by atoms with Gasteiger partial charge >= 0.3 is 0 Å². The number of hydrogen-bond acceptors (Lipinski definition) is 7. The van der Waals surface area contributed by atoms with Crippen LogP contribution in [-0.2, 0) is 19.3 Å². The van der Waals surface area contributed by atoms with E-state index in [1.807, 2.05) is 0 Å². The molecule has 1 unspecified atom stereocenters. The van der Waals surface area contributed by atoms with Gasteiger partial charge in [-0.3, -0.25) is 9.80 Å². The fourth-order valence-electron chi connectivity index (χ4n) is 8.94. The minimum Gasteiger partial charge on any atom is -0.379 e. The van der Waals surface area contributed by atoms with Gasteiger partial charge in [-0.05, 0) is 74.0 Å². The number of ether oxygens (including phenoxy) is 2. The van der Waals surface area contributed by atoms with Gasteiger partial charge in [-0.1, -0.05) is 83.4 Å². The first-order valence-electron chi connectivity index (χ1n) is 18.8. The Kier molecular flexibility index (Phi) is 12.3. The van der Waals surface area contributed by atoms with Crippen molar-refractivity contribution >= 4 is 9.84 Å². The maximum atomic E-state index is 13.3. The second-order valence-corrected chi connectivity index (χ2v) is 19.4. The van der Waals surface area contributed by atoms with Crippen molar-refractivity contribution in [3.63, 3.8) is 0 Å². The van der Waals surface area contributed by atoms with E-state index in [4.69, 9.17) is 9.47 Å². The monoisotopic (exact) mass is 673 g/mol. The molecule has 2 heterocycles. The molecule has 0 aromatic heterocycles. The average molecular weight is 674 g/mol. The molecule has 4 atom stereocenters. The van der Waals surface area contributed by atoms with Crippen LogP contribution in [0.15, 0.2) is 34.9 Å². The molecule has 47 heavy (non-hydrogen) atoms. The summed E-state index contributed by atoms with van der Waals surface area (Å²) in [5.74, 6) is 0.392. The zero-order valence-electron chi connectivity index (χ0n) is 30.9. The molecule has 2 aliphatic heterocycles. The molecule has 0 amide bonds. The van der Waals surface area contributed by atoms with Crippen molar-refractivity contribution in [2.75, 3.05) is 64.1 Å². The van der Waals surface area contributed by atoms with E-state index in [0.717, 1.165) is 77.8 Å². The zero-order chi connectivity index (χ0) is 33.9. The van der Waals surface area contributed by atoms with Gasteiger partial charge in [-0.2, -0.15) is 0 Å². The van der Waals surface area contributed by atoms with Gasteiger partial charge in [0.2, 0.25) is 0 Å². The van der Waals surface area contributed by atoms with E-state index in [1.54, 1.807) is 11.1 Å². The number of morpholine rings is 2. The van der Waals surface area contributed by atoms with Crippen molar-refractivity contribution in [3.8, 4) is 0 Å². The van der Waals surface area contributed by atoms with E-state index >= 15 is 0 Å². The Morgan fingerprint density at radius 2 is 1.32 bits per heavy atom. The van der Waals surface area contributed by atoms with E-state index < -0.39 is 9.84 Å². The molecule has 268 valence electrons. The molecule has 0 bridgehead atoms. The maximum Gasteiger partial charge on any atom is 0.153 e. The van der Waals surface area contributed by atoms with Gasteiger partial charge in [-0.15, -0.1) is 0 Å². The zero-order valence-corrected chi connectivity index (χ0v) is 31.7. The summed E-state index contributed by atoms with van der Waals surface area (Å²) < 4.78 is 38.1. The smallest absolute Gasteiger partial charge is 0.153 e. The van der Waals surface area contributed by atoms with Crippen LogP contribution in [0.5, 0.6) is 0 Å². The van der Waals surface area contributed by atoms with E-state index in [0.29, 0.717) is 37.9 Å². The summed E-state index contributed by atoms with van der Waals surface area (Å²) in [6.07, 6.45) is 17.4. The lowest BCUT2D eigenvalue weighted by Crippen LogP contribution is -2.54. The van der Waals surface area contributed by atoms with Crippen LogP contribution < -0.4 is 5.32 Å². The largest absolute Gasteiger partial charge is 0.379 e. The van der Waals surface area contributed by atoms with Gasteiger partial charge in [0.15, 0.2) is 9.84 Å². The summed E-state index contributed by atoms with van der Waals surface area (Å²) in [7, 11) is -3.20. The van der Waals surface area contributed by atoms with Crippen LogP contribution in [0.3, 0.4) is 0 Å². The summed E-state index contributed by atoms with van der Waals surface area (Å²) in [4.78, 5) is 5.12. The Labute approximate surface area is 287 Å². The van der Waals surface area contributed by atoms with Crippen LogP contribution in [-0.4, -0.2) is 106 Å². The van der Waals surface area contributed by atoms with Gasteiger partial charge < -0.3 is 14.8 Å². The highest BCUT2D eigenvalue weighted by molar-refractivity contribution is 7.91. The molecule has 5 rings (SSSR count). The highest BCUT2D eigenvalue weighted by Gasteiger charge is 2.44. The molecular formula is C39H67N3O4S. The molecular weight excluding hydrogens is 607 g/mol. The van der Waals surface area contributed by atoms with Gasteiger partial charge in [0.1, 0.15) is 0 Å². The molecule has 7 nitrogen and oxygen atoms in total. The Morgan fingerprint density at radius 3 is 1.87 bits per heavy atom. The number of allylic oxidation sites excluding steroid dienone is 3. The van der Waals surface area contributed by atoms with Crippen molar-refractivity contribution in [1.82, 2.24) is 15.1 Å². The minimum absolute atomic E-state index is 0.0584. The molecule has 3 aliphatic carbocycles. The number of hydrogen-bond donors (Lipinski definition) is 1. The minimum atomic E-state index is -3.20. The molecule has 0 aromatic carbocycles. The molecule has 5 aliphatic rings. The van der Waals surface area contributed by atoms with Crippen LogP contribution in [0.1, 0.15) is 106 Å². The second kappa shape index (κ2) is 15.5. The Balaban J connectivity index is 1.13. The summed E-state index contributed by atoms with van der Waals surface area (Å²) in [5.41, 5.74) is 5.11. The molecule has 2 fully saturated rings. The highest BCUT2D eigenvalue weighted by atomic mass is 32.2. The third-order valence-electron chi connectivity index (χ3n) is 12.9. The second-order valence-electron chi connectivity index (χ2n) is 17.2. The fourth-order valence-corrected chi connectivity index (χ4v) is 10.4. The normalized spacial score (nSPS) is 29.6. The fraction of sp³-hybridized carbons (Fsp3) is 0.846. The maximum absolute atomic E-state index is 13.3. The SMILES string of the molecule is CC(C)(C)C1=CC[C@H](NCCS(=O)(=O)CC2COCCN2[C@@H]2CC=C(C(C)(C)C(C)(C)C3=CC[C@H](N4CCOCC4)CC3)CC2)CC1.